The predicted octanol–water partition coefficient (Wildman–Crippen LogP) is 4.93. The molecule has 24 heavy (non-hydrogen) atoms. The number of benzene rings is 1. The Kier molecular flexibility index (Phi) is 4.68. The molecule has 1 aromatic carbocycles. The van der Waals surface area contributed by atoms with Crippen molar-refractivity contribution in [2.24, 2.45) is 0 Å². The molecule has 0 N–H and O–H groups in total. The zero-order valence-electron chi connectivity index (χ0n) is 14.9. The summed E-state index contributed by atoms with van der Waals surface area (Å²) in [6.45, 7) is 12.6. The van der Waals surface area contributed by atoms with Gasteiger partial charge in [-0.3, -0.25) is 0 Å². The molecule has 1 heterocycles. The van der Waals surface area contributed by atoms with E-state index in [0.29, 0.717) is 0 Å². The minimum absolute atomic E-state index is 0.158. The zero-order valence-corrected chi connectivity index (χ0v) is 17.5. The number of nitrogens with zero attached hydrogens (tertiary/aromatic N) is 2. The van der Waals surface area contributed by atoms with Crippen molar-refractivity contribution in [2.45, 2.75) is 58.8 Å². The molecule has 2 rings (SSSR count). The van der Waals surface area contributed by atoms with Crippen LogP contribution < -0.4 is 5.19 Å². The molecule has 0 atom stereocenters. The fraction of sp³-hybridized carbons (Fsp3) is 0.529. The quantitative estimate of drug-likeness (QED) is 0.469. The number of alkyl halides is 3. The lowest BCUT2D eigenvalue weighted by Crippen LogP contribution is -2.70. The Hall–Kier alpha value is -0.953. The molecule has 0 fully saturated rings. The van der Waals surface area contributed by atoms with Crippen molar-refractivity contribution in [3.63, 3.8) is 0 Å². The number of hydrogen-bond acceptors (Lipinski definition) is 2. The lowest BCUT2D eigenvalue weighted by Gasteiger charge is -2.49. The summed E-state index contributed by atoms with van der Waals surface area (Å²) in [5, 5.41) is 0.894. The van der Waals surface area contributed by atoms with Crippen LogP contribution in [0.2, 0.25) is 0 Å². The van der Waals surface area contributed by atoms with Crippen LogP contribution in [0.15, 0.2) is 36.7 Å². The number of hydrogen-bond donors (Lipinski definition) is 0. The molecule has 0 aromatic heterocycles. The molecule has 0 amide bonds. The Balaban J connectivity index is 2.55. The lowest BCUT2D eigenvalue weighted by atomic mass is 10.1. The van der Waals surface area contributed by atoms with E-state index in [0.717, 1.165) is 5.19 Å². The van der Waals surface area contributed by atoms with Crippen LogP contribution >= 0.6 is 15.3 Å². The third kappa shape index (κ3) is 3.38. The maximum Gasteiger partial charge on any atom is 0.416 e. The first-order valence-corrected chi connectivity index (χ1v) is 12.0. The minimum Gasteiger partial charge on any atom is -0.369 e. The average Bonchev–Trinajstić information content (AvgIpc) is 2.76. The summed E-state index contributed by atoms with van der Waals surface area (Å²) >= 11 is 3.98. The van der Waals surface area contributed by atoms with E-state index in [9.17, 15) is 13.2 Å². The van der Waals surface area contributed by atoms with Gasteiger partial charge in [-0.2, -0.15) is 13.2 Å². The Morgan fingerprint density at radius 2 is 1.17 bits per heavy atom. The largest absolute Gasteiger partial charge is 0.416 e. The molecular weight excluding hydrogens is 397 g/mol. The first-order chi connectivity index (χ1) is 10.7. The van der Waals surface area contributed by atoms with Gasteiger partial charge >= 0.3 is 13.2 Å². The van der Waals surface area contributed by atoms with E-state index in [1.54, 1.807) is 12.1 Å². The molecule has 0 radical (unpaired) electrons. The van der Waals surface area contributed by atoms with Crippen molar-refractivity contribution in [2.75, 3.05) is 0 Å². The van der Waals surface area contributed by atoms with Gasteiger partial charge in [0.1, 0.15) is 0 Å². The molecule has 134 valence electrons. The van der Waals surface area contributed by atoms with Crippen LogP contribution in [0.4, 0.5) is 13.2 Å². The SMILES string of the molecule is CC(C)(C)N1C=CN(C(C)(C)C)[Si]1(Br)c1ccc(C(F)(F)F)cc1. The van der Waals surface area contributed by atoms with Gasteiger partial charge in [-0.1, -0.05) is 27.4 Å². The molecular formula is C17H24BrF3N2Si. The molecule has 1 aliphatic heterocycles. The van der Waals surface area contributed by atoms with Gasteiger partial charge in [0.15, 0.2) is 0 Å². The highest BCUT2D eigenvalue weighted by molar-refractivity contribution is 9.26. The molecule has 0 saturated heterocycles. The Labute approximate surface area is 151 Å². The first kappa shape index (κ1) is 19.4. The molecule has 1 aliphatic rings. The Morgan fingerprint density at radius 3 is 1.46 bits per heavy atom. The van der Waals surface area contributed by atoms with Gasteiger partial charge in [-0.25, -0.2) is 0 Å². The van der Waals surface area contributed by atoms with E-state index in [4.69, 9.17) is 0 Å². The van der Waals surface area contributed by atoms with Crippen molar-refractivity contribution in [3.05, 3.63) is 42.2 Å². The molecule has 0 unspecified atom stereocenters. The molecule has 0 bridgehead atoms. The molecule has 1 aromatic rings. The molecule has 0 spiro atoms. The summed E-state index contributed by atoms with van der Waals surface area (Å²) in [5.74, 6) is 0. The van der Waals surface area contributed by atoms with E-state index in [2.05, 4.69) is 66.0 Å². The predicted molar refractivity (Wildman–Crippen MR) is 98.1 cm³/mol. The van der Waals surface area contributed by atoms with Gasteiger partial charge < -0.3 is 9.13 Å². The number of rotatable bonds is 1. The summed E-state index contributed by atoms with van der Waals surface area (Å²) in [4.78, 5) is 0. The van der Waals surface area contributed by atoms with Crippen molar-refractivity contribution in [1.29, 1.82) is 0 Å². The van der Waals surface area contributed by atoms with E-state index >= 15 is 0 Å². The molecule has 2 nitrogen and oxygen atoms in total. The molecule has 7 heteroatoms. The summed E-state index contributed by atoms with van der Waals surface area (Å²) < 4.78 is 43.2. The molecule has 0 aliphatic carbocycles. The fourth-order valence-corrected chi connectivity index (χ4v) is 11.3. The summed E-state index contributed by atoms with van der Waals surface area (Å²) in [5.41, 5.74) is -0.934. The summed E-state index contributed by atoms with van der Waals surface area (Å²) in [6, 6.07) is 5.55. The second kappa shape index (κ2) is 5.80. The van der Waals surface area contributed by atoms with Gasteiger partial charge in [-0.05, 0) is 58.9 Å². The van der Waals surface area contributed by atoms with Crippen LogP contribution in [0.1, 0.15) is 47.1 Å². The topological polar surface area (TPSA) is 6.48 Å². The second-order valence-corrected chi connectivity index (χ2v) is 14.1. The van der Waals surface area contributed by atoms with Gasteiger partial charge in [0, 0.05) is 23.5 Å². The summed E-state index contributed by atoms with van der Waals surface area (Å²) in [6.07, 6.45) is -0.227. The second-order valence-electron chi connectivity index (χ2n) is 8.04. The van der Waals surface area contributed by atoms with Gasteiger partial charge in [0.2, 0.25) is 0 Å². The van der Waals surface area contributed by atoms with Crippen molar-refractivity contribution < 1.29 is 13.2 Å². The lowest BCUT2D eigenvalue weighted by molar-refractivity contribution is -0.137. The molecule has 0 saturated carbocycles. The maximum atomic E-state index is 12.9. The van der Waals surface area contributed by atoms with Crippen molar-refractivity contribution in [1.82, 2.24) is 9.13 Å². The van der Waals surface area contributed by atoms with Crippen LogP contribution in [-0.4, -0.2) is 27.2 Å². The van der Waals surface area contributed by atoms with E-state index < -0.39 is 18.8 Å². The Morgan fingerprint density at radius 1 is 0.792 bits per heavy atom. The fourth-order valence-electron chi connectivity index (χ4n) is 2.93. The van der Waals surface area contributed by atoms with E-state index in [-0.39, 0.29) is 11.1 Å². The third-order valence-corrected chi connectivity index (χ3v) is 11.7. The first-order valence-electron chi connectivity index (χ1n) is 7.82. The highest BCUT2D eigenvalue weighted by Gasteiger charge is 2.54. The highest BCUT2D eigenvalue weighted by Crippen LogP contribution is 2.39. The highest BCUT2D eigenvalue weighted by atomic mass is 79.9. The van der Waals surface area contributed by atoms with Gasteiger partial charge in [-0.15, -0.1) is 0 Å². The minimum atomic E-state index is -4.32. The van der Waals surface area contributed by atoms with Crippen molar-refractivity contribution >= 4 is 27.5 Å². The monoisotopic (exact) mass is 420 g/mol. The van der Waals surface area contributed by atoms with E-state index in [1.165, 1.54) is 12.1 Å². The van der Waals surface area contributed by atoms with Crippen LogP contribution in [0.3, 0.4) is 0 Å². The van der Waals surface area contributed by atoms with Crippen LogP contribution in [0.5, 0.6) is 0 Å². The Bertz CT molecular complexity index is 603. The van der Waals surface area contributed by atoms with Crippen molar-refractivity contribution in [3.8, 4) is 0 Å². The maximum absolute atomic E-state index is 12.9. The van der Waals surface area contributed by atoms with Crippen LogP contribution in [0.25, 0.3) is 0 Å². The smallest absolute Gasteiger partial charge is 0.369 e. The van der Waals surface area contributed by atoms with Crippen LogP contribution in [0, 0.1) is 0 Å². The third-order valence-electron chi connectivity index (χ3n) is 4.03. The zero-order chi connectivity index (χ0) is 18.6. The average molecular weight is 421 g/mol. The van der Waals surface area contributed by atoms with E-state index in [1.807, 2.05) is 12.4 Å². The number of halogens is 4. The van der Waals surface area contributed by atoms with Gasteiger partial charge in [0.05, 0.1) is 5.56 Å². The standard InChI is InChI=1S/C17H24BrF3N2Si/c1-15(2,3)22-11-12-23(16(4,5)6)24(22,18)14-9-7-13(8-10-14)17(19,20)21/h7-12H,1-6H3. The van der Waals surface area contributed by atoms with Gasteiger partial charge in [0.25, 0.3) is 0 Å². The van der Waals surface area contributed by atoms with Crippen LogP contribution in [-0.2, 0) is 6.18 Å². The normalized spacial score (nSPS) is 18.4. The summed E-state index contributed by atoms with van der Waals surface area (Å²) in [7, 11) is -2.57.